The second-order valence-corrected chi connectivity index (χ2v) is 7.20. The fourth-order valence-corrected chi connectivity index (χ4v) is 3.90. The van der Waals surface area contributed by atoms with Gasteiger partial charge in [0.1, 0.15) is 0 Å². The molecule has 5 heteroatoms. The molecule has 1 fully saturated rings. The topological polar surface area (TPSA) is 75.0 Å². The third kappa shape index (κ3) is 3.05. The maximum Gasteiger partial charge on any atom is 0.223 e. The van der Waals surface area contributed by atoms with E-state index < -0.39 is 0 Å². The summed E-state index contributed by atoms with van der Waals surface area (Å²) in [7, 11) is 0. The molecule has 5 nitrogen and oxygen atoms in total. The van der Waals surface area contributed by atoms with Crippen molar-refractivity contribution in [1.29, 1.82) is 0 Å². The average Bonchev–Trinajstić information content (AvgIpc) is 3.08. The van der Waals surface area contributed by atoms with Crippen LogP contribution < -0.4 is 5.73 Å². The number of hydrogen-bond acceptors (Lipinski definition) is 3. The molecule has 0 bridgehead atoms. The summed E-state index contributed by atoms with van der Waals surface area (Å²) in [4.78, 5) is 14.4. The number of H-pyrrole nitrogens is 1. The monoisotopic (exact) mass is 304 g/mol. The molecule has 0 radical (unpaired) electrons. The van der Waals surface area contributed by atoms with Gasteiger partial charge in [0.2, 0.25) is 5.91 Å². The number of carbonyl (C=O) groups is 1. The van der Waals surface area contributed by atoms with Crippen molar-refractivity contribution in [2.24, 2.45) is 17.6 Å². The summed E-state index contributed by atoms with van der Waals surface area (Å²) in [5.74, 6) is 1.19. The lowest BCUT2D eigenvalue weighted by atomic mass is 9.92. The lowest BCUT2D eigenvalue weighted by Gasteiger charge is -2.18. The number of hydrogen-bond donors (Lipinski definition) is 2. The number of amides is 1. The highest BCUT2D eigenvalue weighted by atomic mass is 16.2. The Morgan fingerprint density at radius 1 is 1.36 bits per heavy atom. The number of aromatic amines is 1. The van der Waals surface area contributed by atoms with Crippen LogP contribution in [0.3, 0.4) is 0 Å². The van der Waals surface area contributed by atoms with Crippen LogP contribution in [0.2, 0.25) is 0 Å². The molecule has 0 unspecified atom stereocenters. The number of nitrogens with one attached hydrogen (secondary N) is 1. The minimum Gasteiger partial charge on any atom is -0.341 e. The molecule has 1 aliphatic carbocycles. The summed E-state index contributed by atoms with van der Waals surface area (Å²) in [6.07, 6.45) is 6.00. The first kappa shape index (κ1) is 15.5. The highest BCUT2D eigenvalue weighted by Gasteiger charge is 2.34. The lowest BCUT2D eigenvalue weighted by molar-refractivity contribution is -0.130. The molecule has 122 valence electrons. The van der Waals surface area contributed by atoms with E-state index in [0.29, 0.717) is 24.8 Å². The van der Waals surface area contributed by atoms with E-state index in [-0.39, 0.29) is 11.9 Å². The van der Waals surface area contributed by atoms with Gasteiger partial charge < -0.3 is 10.6 Å². The molecule has 1 aromatic rings. The van der Waals surface area contributed by atoms with Crippen LogP contribution in [0.5, 0.6) is 0 Å². The van der Waals surface area contributed by atoms with Crippen LogP contribution >= 0.6 is 0 Å². The van der Waals surface area contributed by atoms with Crippen molar-refractivity contribution in [3.8, 4) is 0 Å². The SMILES string of the molecule is CC(C)[C@H]1CN(C(=O)CCc2n[nH]c3c2CCCC3)C[C@@H]1N. The number of nitrogens with two attached hydrogens (primary N) is 1. The number of fused-ring (bicyclic) bond motifs is 1. The van der Waals surface area contributed by atoms with E-state index in [2.05, 4.69) is 24.0 Å². The predicted octanol–water partition coefficient (Wildman–Crippen LogP) is 1.66. The lowest BCUT2D eigenvalue weighted by Crippen LogP contribution is -2.33. The molecule has 1 saturated heterocycles. The fraction of sp³-hybridized carbons (Fsp3) is 0.765. The summed E-state index contributed by atoms with van der Waals surface area (Å²) in [6.45, 7) is 5.90. The summed E-state index contributed by atoms with van der Waals surface area (Å²) in [5.41, 5.74) is 9.94. The van der Waals surface area contributed by atoms with Crippen LogP contribution in [-0.2, 0) is 24.1 Å². The summed E-state index contributed by atoms with van der Waals surface area (Å²) < 4.78 is 0. The maximum atomic E-state index is 12.5. The van der Waals surface area contributed by atoms with Crippen molar-refractivity contribution in [1.82, 2.24) is 15.1 Å². The van der Waals surface area contributed by atoms with Gasteiger partial charge in [-0.25, -0.2) is 0 Å². The highest BCUT2D eigenvalue weighted by Crippen LogP contribution is 2.25. The Balaban J connectivity index is 1.56. The second-order valence-electron chi connectivity index (χ2n) is 7.20. The molecule has 3 rings (SSSR count). The van der Waals surface area contributed by atoms with Gasteiger partial charge in [-0.1, -0.05) is 13.8 Å². The van der Waals surface area contributed by atoms with Crippen LogP contribution in [0.4, 0.5) is 0 Å². The molecule has 1 aliphatic heterocycles. The van der Waals surface area contributed by atoms with E-state index in [1.807, 2.05) is 4.90 Å². The molecular formula is C17H28N4O. The zero-order chi connectivity index (χ0) is 15.7. The van der Waals surface area contributed by atoms with Crippen molar-refractivity contribution >= 4 is 5.91 Å². The Morgan fingerprint density at radius 3 is 2.86 bits per heavy atom. The average molecular weight is 304 g/mol. The zero-order valence-electron chi connectivity index (χ0n) is 13.8. The van der Waals surface area contributed by atoms with E-state index in [1.54, 1.807) is 0 Å². The molecule has 2 atom stereocenters. The van der Waals surface area contributed by atoms with Crippen LogP contribution in [-0.4, -0.2) is 40.1 Å². The first-order chi connectivity index (χ1) is 10.6. The quantitative estimate of drug-likeness (QED) is 0.888. The molecule has 1 amide bonds. The van der Waals surface area contributed by atoms with Crippen LogP contribution in [0, 0.1) is 11.8 Å². The molecule has 1 aromatic heterocycles. The van der Waals surface area contributed by atoms with Gasteiger partial charge in [0.05, 0.1) is 5.69 Å². The normalized spacial score (nSPS) is 24.8. The summed E-state index contributed by atoms with van der Waals surface area (Å²) in [5, 5.41) is 7.59. The molecule has 0 spiro atoms. The minimum atomic E-state index is 0.127. The molecule has 2 aliphatic rings. The van der Waals surface area contributed by atoms with Gasteiger partial charge in [0.25, 0.3) is 0 Å². The highest BCUT2D eigenvalue weighted by molar-refractivity contribution is 5.76. The Labute approximate surface area is 132 Å². The zero-order valence-corrected chi connectivity index (χ0v) is 13.8. The fourth-order valence-electron chi connectivity index (χ4n) is 3.90. The largest absolute Gasteiger partial charge is 0.341 e. The number of aryl methyl sites for hydroxylation is 2. The van der Waals surface area contributed by atoms with E-state index in [4.69, 9.17) is 5.73 Å². The standard InChI is InChI=1S/C17H28N4O/c1-11(2)13-9-21(10-14(13)18)17(22)8-7-16-12-5-3-4-6-15(12)19-20-16/h11,13-14H,3-10,18H2,1-2H3,(H,19,20)/t13-,14+/m1/s1. The van der Waals surface area contributed by atoms with Gasteiger partial charge in [-0.15, -0.1) is 0 Å². The van der Waals surface area contributed by atoms with Gasteiger partial charge >= 0.3 is 0 Å². The Hall–Kier alpha value is -1.36. The molecule has 22 heavy (non-hydrogen) atoms. The third-order valence-electron chi connectivity index (χ3n) is 5.34. The van der Waals surface area contributed by atoms with Crippen molar-refractivity contribution in [3.63, 3.8) is 0 Å². The van der Waals surface area contributed by atoms with Gasteiger partial charge in [0, 0.05) is 37.7 Å². The number of carbonyl (C=O) groups excluding carboxylic acids is 1. The first-order valence-electron chi connectivity index (χ1n) is 8.64. The molecule has 2 heterocycles. The van der Waals surface area contributed by atoms with E-state index in [0.717, 1.165) is 31.5 Å². The van der Waals surface area contributed by atoms with Gasteiger partial charge in [0.15, 0.2) is 0 Å². The van der Waals surface area contributed by atoms with Gasteiger partial charge in [-0.05, 0) is 43.1 Å². The van der Waals surface area contributed by atoms with Crippen molar-refractivity contribution in [2.45, 2.75) is 58.4 Å². The smallest absolute Gasteiger partial charge is 0.223 e. The van der Waals surface area contributed by atoms with Crippen molar-refractivity contribution in [2.75, 3.05) is 13.1 Å². The minimum absolute atomic E-state index is 0.127. The predicted molar refractivity (Wildman–Crippen MR) is 86.4 cm³/mol. The number of rotatable bonds is 4. The molecule has 3 N–H and O–H groups in total. The second kappa shape index (κ2) is 6.41. The Bertz CT molecular complexity index is 537. The van der Waals surface area contributed by atoms with Crippen LogP contribution in [0.15, 0.2) is 0 Å². The summed E-state index contributed by atoms with van der Waals surface area (Å²) >= 11 is 0. The Morgan fingerprint density at radius 2 is 2.14 bits per heavy atom. The molecular weight excluding hydrogens is 276 g/mol. The first-order valence-corrected chi connectivity index (χ1v) is 8.64. The van der Waals surface area contributed by atoms with E-state index >= 15 is 0 Å². The Kier molecular flexibility index (Phi) is 4.52. The van der Waals surface area contributed by atoms with E-state index in [1.165, 1.54) is 24.1 Å². The van der Waals surface area contributed by atoms with Crippen LogP contribution in [0.1, 0.15) is 50.1 Å². The van der Waals surface area contributed by atoms with Crippen molar-refractivity contribution < 1.29 is 4.79 Å². The van der Waals surface area contributed by atoms with Crippen LogP contribution in [0.25, 0.3) is 0 Å². The number of aromatic nitrogens is 2. The summed E-state index contributed by atoms with van der Waals surface area (Å²) in [6, 6.07) is 0.127. The van der Waals surface area contributed by atoms with Gasteiger partial charge in [-0.2, -0.15) is 5.10 Å². The maximum absolute atomic E-state index is 12.5. The van der Waals surface area contributed by atoms with Gasteiger partial charge in [-0.3, -0.25) is 9.89 Å². The molecule has 0 aromatic carbocycles. The van der Waals surface area contributed by atoms with E-state index in [9.17, 15) is 4.79 Å². The molecule has 0 saturated carbocycles. The van der Waals surface area contributed by atoms with Crippen molar-refractivity contribution in [3.05, 3.63) is 17.0 Å². The third-order valence-corrected chi connectivity index (χ3v) is 5.34. The number of likely N-dealkylation sites (tertiary alicyclic amines) is 1. The number of nitrogens with zero attached hydrogens (tertiary/aromatic N) is 2.